The molecule has 0 amide bonds. The molecule has 4 rings (SSSR count). The predicted octanol–water partition coefficient (Wildman–Crippen LogP) is 2.60. The monoisotopic (exact) mass is 296 g/mol. The average molecular weight is 296 g/mol. The number of aromatic hydroxyl groups is 1. The maximum absolute atomic E-state index is 9.52. The lowest BCUT2D eigenvalue weighted by molar-refractivity contribution is 0.472. The van der Waals surface area contributed by atoms with Gasteiger partial charge in [0.05, 0.1) is 5.56 Å². The van der Waals surface area contributed by atoms with Gasteiger partial charge in [0.25, 0.3) is 0 Å². The van der Waals surface area contributed by atoms with Gasteiger partial charge >= 0.3 is 0 Å². The Morgan fingerprint density at radius 2 is 2.05 bits per heavy atom. The highest BCUT2D eigenvalue weighted by Gasteiger charge is 2.18. The number of aryl methyl sites for hydroxylation is 1. The first-order valence-electron chi connectivity index (χ1n) is 7.46. The van der Waals surface area contributed by atoms with Crippen molar-refractivity contribution in [3.8, 4) is 17.1 Å². The standard InChI is InChI=1S/C16H16N4O2/c17-15-12(8-10-5-6-11(21)9-13(10)22-15)16-19-18-14-4-2-1-3-7-20(14)16/h5-6,8-9,17,21H,1-4,7H2. The maximum atomic E-state index is 9.52. The van der Waals surface area contributed by atoms with E-state index in [0.717, 1.165) is 37.0 Å². The molecule has 0 saturated carbocycles. The molecule has 3 heterocycles. The van der Waals surface area contributed by atoms with Gasteiger partial charge in [0.15, 0.2) is 5.82 Å². The summed E-state index contributed by atoms with van der Waals surface area (Å²) >= 11 is 0. The minimum absolute atomic E-state index is 0.0394. The van der Waals surface area contributed by atoms with Crippen LogP contribution >= 0.6 is 0 Å². The van der Waals surface area contributed by atoms with Gasteiger partial charge in [-0.25, -0.2) is 0 Å². The summed E-state index contributed by atoms with van der Waals surface area (Å²) in [6, 6.07) is 6.77. The van der Waals surface area contributed by atoms with Crippen LogP contribution in [0, 0.1) is 5.41 Å². The molecule has 112 valence electrons. The zero-order valence-corrected chi connectivity index (χ0v) is 12.0. The fourth-order valence-electron chi connectivity index (χ4n) is 2.97. The van der Waals surface area contributed by atoms with Crippen molar-refractivity contribution >= 4 is 11.0 Å². The van der Waals surface area contributed by atoms with Crippen molar-refractivity contribution in [3.05, 3.63) is 35.6 Å². The van der Waals surface area contributed by atoms with Gasteiger partial charge in [-0.15, -0.1) is 10.2 Å². The highest BCUT2D eigenvalue weighted by Crippen LogP contribution is 2.25. The van der Waals surface area contributed by atoms with E-state index >= 15 is 0 Å². The number of hydrogen-bond donors (Lipinski definition) is 2. The number of hydrogen-bond acceptors (Lipinski definition) is 5. The van der Waals surface area contributed by atoms with Gasteiger partial charge in [0.1, 0.15) is 17.2 Å². The highest BCUT2D eigenvalue weighted by atomic mass is 16.3. The van der Waals surface area contributed by atoms with Crippen molar-refractivity contribution in [3.63, 3.8) is 0 Å². The lowest BCUT2D eigenvalue weighted by Gasteiger charge is -2.07. The third-order valence-electron chi connectivity index (χ3n) is 4.10. The number of phenolic OH excluding ortho intramolecular Hbond substituents is 1. The van der Waals surface area contributed by atoms with E-state index in [4.69, 9.17) is 9.83 Å². The normalized spacial score (nSPS) is 14.7. The second-order valence-corrected chi connectivity index (χ2v) is 5.61. The van der Waals surface area contributed by atoms with Crippen LogP contribution in [0.3, 0.4) is 0 Å². The number of fused-ring (bicyclic) bond motifs is 2. The van der Waals surface area contributed by atoms with Gasteiger partial charge in [-0.2, -0.15) is 0 Å². The fourth-order valence-corrected chi connectivity index (χ4v) is 2.97. The van der Waals surface area contributed by atoms with E-state index in [1.807, 2.05) is 6.07 Å². The Hall–Kier alpha value is -2.63. The summed E-state index contributed by atoms with van der Waals surface area (Å²) in [5, 5.41) is 27.0. The number of aromatic nitrogens is 3. The molecule has 0 spiro atoms. The van der Waals surface area contributed by atoms with Crippen molar-refractivity contribution < 1.29 is 9.52 Å². The van der Waals surface area contributed by atoms with E-state index in [2.05, 4.69) is 14.8 Å². The van der Waals surface area contributed by atoms with Crippen LogP contribution in [0.4, 0.5) is 0 Å². The summed E-state index contributed by atoms with van der Waals surface area (Å²) in [4.78, 5) is 0. The molecule has 1 aliphatic rings. The highest BCUT2D eigenvalue weighted by molar-refractivity contribution is 5.81. The third kappa shape index (κ3) is 2.07. The van der Waals surface area contributed by atoms with E-state index in [9.17, 15) is 5.11 Å². The first-order valence-corrected chi connectivity index (χ1v) is 7.46. The van der Waals surface area contributed by atoms with Crippen LogP contribution in [0.2, 0.25) is 0 Å². The smallest absolute Gasteiger partial charge is 0.223 e. The Balaban J connectivity index is 1.91. The Bertz CT molecular complexity index is 910. The molecule has 0 aliphatic carbocycles. The van der Waals surface area contributed by atoms with Crippen molar-refractivity contribution in [2.45, 2.75) is 32.2 Å². The average Bonchev–Trinajstić information content (AvgIpc) is 2.75. The minimum atomic E-state index is 0.0394. The van der Waals surface area contributed by atoms with Crippen LogP contribution in [0.25, 0.3) is 22.4 Å². The summed E-state index contributed by atoms with van der Waals surface area (Å²) in [6.45, 7) is 0.880. The molecule has 1 aromatic carbocycles. The van der Waals surface area contributed by atoms with E-state index in [0.29, 0.717) is 17.0 Å². The topological polar surface area (TPSA) is 87.9 Å². The lowest BCUT2D eigenvalue weighted by Crippen LogP contribution is -2.09. The van der Waals surface area contributed by atoms with Gasteiger partial charge < -0.3 is 14.1 Å². The van der Waals surface area contributed by atoms with E-state index in [1.54, 1.807) is 12.1 Å². The van der Waals surface area contributed by atoms with E-state index in [1.165, 1.54) is 12.5 Å². The first-order chi connectivity index (χ1) is 10.7. The number of phenols is 1. The Morgan fingerprint density at radius 1 is 1.14 bits per heavy atom. The zero-order valence-electron chi connectivity index (χ0n) is 12.0. The largest absolute Gasteiger partial charge is 0.508 e. The maximum Gasteiger partial charge on any atom is 0.223 e. The number of benzene rings is 1. The SMILES string of the molecule is N=c1oc2cc(O)ccc2cc1-c1nnc2n1CCCCC2. The second-order valence-electron chi connectivity index (χ2n) is 5.61. The molecule has 0 unspecified atom stereocenters. The fraction of sp³-hybridized carbons (Fsp3) is 0.312. The van der Waals surface area contributed by atoms with Crippen LogP contribution in [-0.4, -0.2) is 19.9 Å². The lowest BCUT2D eigenvalue weighted by atomic mass is 10.1. The molecular formula is C16H16N4O2. The summed E-state index contributed by atoms with van der Waals surface area (Å²) in [6.07, 6.45) is 4.36. The molecule has 6 heteroatoms. The Kier molecular flexibility index (Phi) is 2.96. The molecule has 22 heavy (non-hydrogen) atoms. The van der Waals surface area contributed by atoms with Crippen LogP contribution in [-0.2, 0) is 13.0 Å². The van der Waals surface area contributed by atoms with Crippen LogP contribution in [0.5, 0.6) is 5.75 Å². The molecule has 0 atom stereocenters. The van der Waals surface area contributed by atoms with Crippen molar-refractivity contribution in [2.24, 2.45) is 0 Å². The van der Waals surface area contributed by atoms with Crippen LogP contribution < -0.4 is 5.55 Å². The van der Waals surface area contributed by atoms with E-state index in [-0.39, 0.29) is 11.3 Å². The molecule has 1 aliphatic heterocycles. The van der Waals surface area contributed by atoms with Gasteiger partial charge in [0, 0.05) is 24.4 Å². The molecule has 2 N–H and O–H groups in total. The molecule has 3 aromatic rings. The molecule has 6 nitrogen and oxygen atoms in total. The zero-order chi connectivity index (χ0) is 15.1. The quantitative estimate of drug-likeness (QED) is 0.722. The summed E-state index contributed by atoms with van der Waals surface area (Å²) in [7, 11) is 0. The molecule has 0 fully saturated rings. The van der Waals surface area contributed by atoms with Crippen LogP contribution in [0.1, 0.15) is 25.1 Å². The predicted molar refractivity (Wildman–Crippen MR) is 80.3 cm³/mol. The van der Waals surface area contributed by atoms with Gasteiger partial charge in [-0.3, -0.25) is 5.41 Å². The molecule has 2 aromatic heterocycles. The Labute approximate surface area is 126 Å². The Morgan fingerprint density at radius 3 is 2.95 bits per heavy atom. The molecule has 0 radical (unpaired) electrons. The number of nitrogens with one attached hydrogen (secondary N) is 1. The summed E-state index contributed by atoms with van der Waals surface area (Å²) < 4.78 is 7.64. The minimum Gasteiger partial charge on any atom is -0.508 e. The van der Waals surface area contributed by atoms with E-state index < -0.39 is 0 Å². The van der Waals surface area contributed by atoms with Crippen molar-refractivity contribution in [1.82, 2.24) is 14.8 Å². The van der Waals surface area contributed by atoms with Gasteiger partial charge in [0.2, 0.25) is 5.55 Å². The second kappa shape index (κ2) is 4.98. The molecule has 0 bridgehead atoms. The van der Waals surface area contributed by atoms with Crippen LogP contribution in [0.15, 0.2) is 28.7 Å². The molecule has 0 saturated heterocycles. The van der Waals surface area contributed by atoms with Gasteiger partial charge in [-0.1, -0.05) is 6.42 Å². The molecular weight excluding hydrogens is 280 g/mol. The van der Waals surface area contributed by atoms with Gasteiger partial charge in [-0.05, 0) is 31.0 Å². The first kappa shape index (κ1) is 13.1. The number of nitrogens with zero attached hydrogens (tertiary/aromatic N) is 3. The van der Waals surface area contributed by atoms with Crippen molar-refractivity contribution in [1.29, 1.82) is 5.41 Å². The number of rotatable bonds is 1. The van der Waals surface area contributed by atoms with Crippen molar-refractivity contribution in [2.75, 3.05) is 0 Å². The third-order valence-corrected chi connectivity index (χ3v) is 4.10. The summed E-state index contributed by atoms with van der Waals surface area (Å²) in [5.74, 6) is 1.80. The summed E-state index contributed by atoms with van der Waals surface area (Å²) in [5.41, 5.74) is 1.17.